The summed E-state index contributed by atoms with van der Waals surface area (Å²) in [5.74, 6) is 0. The van der Waals surface area contributed by atoms with Crippen LogP contribution in [-0.4, -0.2) is 13.6 Å². The van der Waals surface area contributed by atoms with Crippen molar-refractivity contribution in [2.45, 2.75) is 33.6 Å². The van der Waals surface area contributed by atoms with E-state index in [1.807, 2.05) is 0 Å². The molecule has 1 atom stereocenters. The molecule has 0 saturated carbocycles. The quantitative estimate of drug-likeness (QED) is 0.772. The van der Waals surface area contributed by atoms with E-state index in [4.69, 9.17) is 0 Å². The molecule has 1 N–H and O–H groups in total. The van der Waals surface area contributed by atoms with E-state index in [0.29, 0.717) is 5.41 Å². The van der Waals surface area contributed by atoms with Gasteiger partial charge in [-0.05, 0) is 30.4 Å². The third-order valence-electron chi connectivity index (χ3n) is 2.75. The van der Waals surface area contributed by atoms with E-state index < -0.39 is 0 Å². The largest absolute Gasteiger partial charge is 0.305 e. The van der Waals surface area contributed by atoms with Crippen LogP contribution in [0.1, 0.15) is 33.6 Å². The van der Waals surface area contributed by atoms with Crippen molar-refractivity contribution in [2.75, 3.05) is 13.6 Å². The van der Waals surface area contributed by atoms with Gasteiger partial charge in [-0.1, -0.05) is 39.0 Å². The monoisotopic (exact) mass is 206 g/mol. The summed E-state index contributed by atoms with van der Waals surface area (Å²) in [4.78, 5) is 1.51. The lowest BCUT2D eigenvalue weighted by atomic mass is 9.90. The van der Waals surface area contributed by atoms with Crippen molar-refractivity contribution >= 4 is 5.69 Å². The van der Waals surface area contributed by atoms with Gasteiger partial charge in [0.15, 0.2) is 0 Å². The minimum atomic E-state index is 0.469. The summed E-state index contributed by atoms with van der Waals surface area (Å²) in [6.45, 7) is 8.15. The molecule has 0 aromatic heterocycles. The molecule has 0 aliphatic carbocycles. The Morgan fingerprint density at radius 1 is 1.07 bits per heavy atom. The molecule has 1 rings (SSSR count). The Hall–Kier alpha value is -0.820. The molecule has 0 aliphatic heterocycles. The molecular formula is C14H24N+. The summed E-state index contributed by atoms with van der Waals surface area (Å²) in [5.41, 5.74) is 1.86. The van der Waals surface area contributed by atoms with Crippen molar-refractivity contribution in [1.82, 2.24) is 0 Å². The molecule has 1 unspecified atom stereocenters. The second kappa shape index (κ2) is 5.32. The van der Waals surface area contributed by atoms with Crippen LogP contribution in [0.2, 0.25) is 0 Å². The second-order valence-electron chi connectivity index (χ2n) is 5.56. The highest BCUT2D eigenvalue weighted by atomic mass is 15.1. The third kappa shape index (κ3) is 4.98. The smallest absolute Gasteiger partial charge is 0.130 e. The lowest BCUT2D eigenvalue weighted by Gasteiger charge is -2.19. The molecule has 0 saturated heterocycles. The Balaban J connectivity index is 2.34. The highest BCUT2D eigenvalue weighted by Gasteiger charge is 2.12. The number of nitrogens with one attached hydrogen (secondary N) is 1. The highest BCUT2D eigenvalue weighted by Crippen LogP contribution is 2.19. The summed E-state index contributed by atoms with van der Waals surface area (Å²) in [6.07, 6.45) is 2.60. The molecule has 0 radical (unpaired) electrons. The van der Waals surface area contributed by atoms with Crippen LogP contribution in [0, 0.1) is 5.41 Å². The standard InChI is InChI=1S/C14H23N/c1-14(2,3)11-8-12-15(4)13-9-6-5-7-10-13/h5-7,9-10H,8,11-12H2,1-4H3/p+1. The minimum absolute atomic E-state index is 0.469. The lowest BCUT2D eigenvalue weighted by Crippen LogP contribution is -3.03. The molecule has 84 valence electrons. The van der Waals surface area contributed by atoms with Gasteiger partial charge in [0.2, 0.25) is 0 Å². The topological polar surface area (TPSA) is 4.44 Å². The second-order valence-corrected chi connectivity index (χ2v) is 5.56. The van der Waals surface area contributed by atoms with Gasteiger partial charge in [-0.2, -0.15) is 0 Å². The average Bonchev–Trinajstić information content (AvgIpc) is 2.17. The van der Waals surface area contributed by atoms with Gasteiger partial charge >= 0.3 is 0 Å². The first-order valence-electron chi connectivity index (χ1n) is 5.87. The van der Waals surface area contributed by atoms with Gasteiger partial charge in [-0.25, -0.2) is 0 Å². The number of quaternary nitrogens is 1. The summed E-state index contributed by atoms with van der Waals surface area (Å²) in [7, 11) is 2.25. The zero-order valence-electron chi connectivity index (χ0n) is 10.5. The maximum atomic E-state index is 2.31. The van der Waals surface area contributed by atoms with Gasteiger partial charge in [0.05, 0.1) is 13.6 Å². The van der Waals surface area contributed by atoms with Crippen molar-refractivity contribution in [2.24, 2.45) is 5.41 Å². The molecule has 0 aliphatic rings. The van der Waals surface area contributed by atoms with E-state index in [-0.39, 0.29) is 0 Å². The van der Waals surface area contributed by atoms with Crippen LogP contribution < -0.4 is 4.90 Å². The van der Waals surface area contributed by atoms with Gasteiger partial charge < -0.3 is 4.90 Å². The number of hydrogen-bond donors (Lipinski definition) is 1. The Morgan fingerprint density at radius 2 is 1.67 bits per heavy atom. The molecule has 15 heavy (non-hydrogen) atoms. The highest BCUT2D eigenvalue weighted by molar-refractivity contribution is 5.27. The van der Waals surface area contributed by atoms with Crippen LogP contribution in [0.3, 0.4) is 0 Å². The third-order valence-corrected chi connectivity index (χ3v) is 2.75. The van der Waals surface area contributed by atoms with Crippen molar-refractivity contribution in [1.29, 1.82) is 0 Å². The minimum Gasteiger partial charge on any atom is -0.305 e. The van der Waals surface area contributed by atoms with Crippen molar-refractivity contribution in [3.05, 3.63) is 30.3 Å². The predicted octanol–water partition coefficient (Wildman–Crippen LogP) is 2.66. The molecule has 0 fully saturated rings. The Kier molecular flexibility index (Phi) is 4.34. The number of para-hydroxylation sites is 1. The average molecular weight is 206 g/mol. The van der Waals surface area contributed by atoms with Gasteiger partial charge in [-0.15, -0.1) is 0 Å². The first-order valence-corrected chi connectivity index (χ1v) is 5.87. The van der Waals surface area contributed by atoms with Crippen LogP contribution in [0.15, 0.2) is 30.3 Å². The van der Waals surface area contributed by atoms with Crippen molar-refractivity contribution in [3.63, 3.8) is 0 Å². The summed E-state index contributed by atoms with van der Waals surface area (Å²) < 4.78 is 0. The number of rotatable bonds is 4. The zero-order valence-corrected chi connectivity index (χ0v) is 10.5. The Bertz CT molecular complexity index is 271. The van der Waals surface area contributed by atoms with E-state index in [1.54, 1.807) is 0 Å². The SMILES string of the molecule is C[NH+](CCCC(C)(C)C)c1ccccc1. The van der Waals surface area contributed by atoms with E-state index in [0.717, 1.165) is 0 Å². The van der Waals surface area contributed by atoms with E-state index in [2.05, 4.69) is 58.2 Å². The van der Waals surface area contributed by atoms with Gasteiger partial charge in [-0.3, -0.25) is 0 Å². The maximum absolute atomic E-state index is 2.31. The maximum Gasteiger partial charge on any atom is 0.130 e. The molecule has 1 aromatic rings. The number of hydrogen-bond acceptors (Lipinski definition) is 0. The van der Waals surface area contributed by atoms with Crippen molar-refractivity contribution < 1.29 is 4.90 Å². The van der Waals surface area contributed by atoms with Gasteiger partial charge in [0.1, 0.15) is 5.69 Å². The number of benzene rings is 1. The molecule has 0 bridgehead atoms. The fourth-order valence-corrected chi connectivity index (χ4v) is 1.75. The molecule has 1 heteroatoms. The van der Waals surface area contributed by atoms with E-state index in [1.165, 1.54) is 30.0 Å². The Labute approximate surface area is 94.1 Å². The first-order chi connectivity index (χ1) is 6.99. The van der Waals surface area contributed by atoms with E-state index >= 15 is 0 Å². The molecule has 1 nitrogen and oxygen atoms in total. The molecule has 0 spiro atoms. The summed E-state index contributed by atoms with van der Waals surface area (Å²) in [5, 5.41) is 0. The van der Waals surface area contributed by atoms with Crippen LogP contribution >= 0.6 is 0 Å². The summed E-state index contributed by atoms with van der Waals surface area (Å²) >= 11 is 0. The Morgan fingerprint density at radius 3 is 2.20 bits per heavy atom. The van der Waals surface area contributed by atoms with Crippen LogP contribution in [0.25, 0.3) is 0 Å². The van der Waals surface area contributed by atoms with Crippen LogP contribution in [-0.2, 0) is 0 Å². The van der Waals surface area contributed by atoms with Crippen LogP contribution in [0.5, 0.6) is 0 Å². The predicted molar refractivity (Wildman–Crippen MR) is 66.5 cm³/mol. The summed E-state index contributed by atoms with van der Waals surface area (Å²) in [6, 6.07) is 10.7. The fourth-order valence-electron chi connectivity index (χ4n) is 1.75. The fraction of sp³-hybridized carbons (Fsp3) is 0.571. The van der Waals surface area contributed by atoms with Gasteiger partial charge in [0, 0.05) is 0 Å². The van der Waals surface area contributed by atoms with E-state index in [9.17, 15) is 0 Å². The molecule has 0 heterocycles. The zero-order chi connectivity index (χ0) is 11.3. The molecule has 0 amide bonds. The van der Waals surface area contributed by atoms with Crippen molar-refractivity contribution in [3.8, 4) is 0 Å². The van der Waals surface area contributed by atoms with Gasteiger partial charge in [0.25, 0.3) is 0 Å². The normalized spacial score (nSPS) is 13.9. The molecular weight excluding hydrogens is 182 g/mol. The van der Waals surface area contributed by atoms with Crippen LogP contribution in [0.4, 0.5) is 5.69 Å². The first kappa shape index (κ1) is 12.3. The molecule has 1 aromatic carbocycles. The lowest BCUT2D eigenvalue weighted by molar-refractivity contribution is -0.810.